The monoisotopic (exact) mass is 355 g/mol. The molecule has 0 unspecified atom stereocenters. The molecule has 0 atom stereocenters. The molecule has 5 aromatic rings. The summed E-state index contributed by atoms with van der Waals surface area (Å²) in [5.41, 5.74) is 4.24. The standard InChI is InChI=1S/C18H13N9/c1-2-21-17-13(1)3-14(8-24-17)16-10-27(26-25-16)9-12-4-22-18(23-5-12)15-6-19-11-20-7-15/h1-8,10-11H,9H2,(H,21,24). The summed E-state index contributed by atoms with van der Waals surface area (Å²) in [6.07, 6.45) is 13.9. The highest BCUT2D eigenvalue weighted by atomic mass is 15.4. The summed E-state index contributed by atoms with van der Waals surface area (Å²) in [5.74, 6) is 0.588. The normalized spacial score (nSPS) is 11.1. The molecule has 0 aliphatic carbocycles. The quantitative estimate of drug-likeness (QED) is 0.525. The van der Waals surface area contributed by atoms with E-state index in [0.717, 1.165) is 33.4 Å². The Kier molecular flexibility index (Phi) is 3.60. The van der Waals surface area contributed by atoms with Crippen LogP contribution in [0.4, 0.5) is 0 Å². The SMILES string of the molecule is c1ncc(-c2ncc(Cn3cc(-c4cnc5[nH]ccc5c4)nn3)cn2)cn1. The van der Waals surface area contributed by atoms with Crippen LogP contribution in [-0.2, 0) is 6.54 Å². The third kappa shape index (κ3) is 3.01. The Bertz CT molecular complexity index is 1190. The summed E-state index contributed by atoms with van der Waals surface area (Å²) >= 11 is 0. The molecule has 27 heavy (non-hydrogen) atoms. The average molecular weight is 355 g/mol. The van der Waals surface area contributed by atoms with Crippen LogP contribution in [-0.4, -0.2) is 44.9 Å². The van der Waals surface area contributed by atoms with Gasteiger partial charge >= 0.3 is 0 Å². The smallest absolute Gasteiger partial charge is 0.162 e. The third-order valence-corrected chi connectivity index (χ3v) is 4.10. The number of hydrogen-bond donors (Lipinski definition) is 1. The number of hydrogen-bond acceptors (Lipinski definition) is 7. The van der Waals surface area contributed by atoms with Crippen LogP contribution in [0, 0.1) is 0 Å². The van der Waals surface area contributed by atoms with Crippen molar-refractivity contribution in [1.29, 1.82) is 0 Å². The molecule has 5 rings (SSSR count). The zero-order valence-electron chi connectivity index (χ0n) is 14.1. The topological polar surface area (TPSA) is 111 Å². The maximum absolute atomic E-state index is 4.39. The minimum absolute atomic E-state index is 0.526. The van der Waals surface area contributed by atoms with Crippen LogP contribution in [0.25, 0.3) is 33.7 Å². The van der Waals surface area contributed by atoms with Crippen molar-refractivity contribution >= 4 is 11.0 Å². The predicted octanol–water partition coefficient (Wildman–Crippen LogP) is 2.12. The lowest BCUT2D eigenvalue weighted by Crippen LogP contribution is -2.02. The number of aromatic nitrogens is 9. The van der Waals surface area contributed by atoms with Gasteiger partial charge in [-0.3, -0.25) is 0 Å². The number of H-pyrrole nitrogens is 1. The molecule has 9 heteroatoms. The second-order valence-electron chi connectivity index (χ2n) is 5.98. The lowest BCUT2D eigenvalue weighted by atomic mass is 10.2. The molecule has 0 spiro atoms. The zero-order chi connectivity index (χ0) is 18.1. The summed E-state index contributed by atoms with van der Waals surface area (Å²) in [6.45, 7) is 0.526. The Balaban J connectivity index is 1.35. The molecule has 0 bridgehead atoms. The van der Waals surface area contributed by atoms with E-state index in [1.807, 2.05) is 24.5 Å². The fourth-order valence-corrected chi connectivity index (χ4v) is 2.77. The number of pyridine rings is 1. The van der Waals surface area contributed by atoms with Crippen molar-refractivity contribution in [3.8, 4) is 22.6 Å². The van der Waals surface area contributed by atoms with E-state index in [1.54, 1.807) is 35.7 Å². The van der Waals surface area contributed by atoms with E-state index in [4.69, 9.17) is 0 Å². The van der Waals surface area contributed by atoms with Gasteiger partial charge in [0.25, 0.3) is 0 Å². The molecule has 0 amide bonds. The molecular formula is C18H13N9. The first kappa shape index (κ1) is 15.3. The minimum Gasteiger partial charge on any atom is -0.346 e. The molecular weight excluding hydrogens is 342 g/mol. The number of aromatic amines is 1. The van der Waals surface area contributed by atoms with Crippen LogP contribution in [0.15, 0.2) is 61.8 Å². The zero-order valence-corrected chi connectivity index (χ0v) is 14.1. The molecule has 5 aromatic heterocycles. The van der Waals surface area contributed by atoms with Crippen LogP contribution < -0.4 is 0 Å². The molecule has 0 aliphatic heterocycles. The molecule has 0 radical (unpaired) electrons. The Morgan fingerprint density at radius 1 is 0.926 bits per heavy atom. The van der Waals surface area contributed by atoms with Gasteiger partial charge in [0.15, 0.2) is 5.82 Å². The summed E-state index contributed by atoms with van der Waals surface area (Å²) < 4.78 is 1.75. The summed E-state index contributed by atoms with van der Waals surface area (Å²) in [4.78, 5) is 24.2. The van der Waals surface area contributed by atoms with Gasteiger partial charge in [-0.25, -0.2) is 29.6 Å². The van der Waals surface area contributed by atoms with Crippen LogP contribution in [0.3, 0.4) is 0 Å². The predicted molar refractivity (Wildman–Crippen MR) is 97.3 cm³/mol. The van der Waals surface area contributed by atoms with Gasteiger partial charge in [0.05, 0.1) is 18.3 Å². The maximum atomic E-state index is 4.39. The molecule has 0 aromatic carbocycles. The van der Waals surface area contributed by atoms with Crippen LogP contribution >= 0.6 is 0 Å². The van der Waals surface area contributed by atoms with Gasteiger partial charge in [0.2, 0.25) is 0 Å². The average Bonchev–Trinajstić information content (AvgIpc) is 3.38. The highest BCUT2D eigenvalue weighted by molar-refractivity contribution is 5.80. The Labute approximate surface area is 153 Å². The molecule has 130 valence electrons. The second-order valence-corrected chi connectivity index (χ2v) is 5.98. The van der Waals surface area contributed by atoms with E-state index in [9.17, 15) is 0 Å². The van der Waals surface area contributed by atoms with Gasteiger partial charge in [-0.15, -0.1) is 5.10 Å². The summed E-state index contributed by atoms with van der Waals surface area (Å²) in [7, 11) is 0. The number of nitrogens with one attached hydrogen (secondary N) is 1. The largest absolute Gasteiger partial charge is 0.346 e. The van der Waals surface area contributed by atoms with Crippen molar-refractivity contribution in [2.45, 2.75) is 6.54 Å². The van der Waals surface area contributed by atoms with Crippen molar-refractivity contribution in [2.75, 3.05) is 0 Å². The van der Waals surface area contributed by atoms with E-state index < -0.39 is 0 Å². The van der Waals surface area contributed by atoms with Gasteiger partial charge in [-0.1, -0.05) is 5.21 Å². The van der Waals surface area contributed by atoms with Crippen LogP contribution in [0.5, 0.6) is 0 Å². The van der Waals surface area contributed by atoms with E-state index in [1.165, 1.54) is 6.33 Å². The van der Waals surface area contributed by atoms with Gasteiger partial charge in [0, 0.05) is 53.7 Å². The van der Waals surface area contributed by atoms with E-state index in [-0.39, 0.29) is 0 Å². The lowest BCUT2D eigenvalue weighted by molar-refractivity contribution is 0.646. The molecule has 1 N–H and O–H groups in total. The van der Waals surface area contributed by atoms with Gasteiger partial charge in [0.1, 0.15) is 17.7 Å². The van der Waals surface area contributed by atoms with E-state index >= 15 is 0 Å². The fourth-order valence-electron chi connectivity index (χ4n) is 2.77. The van der Waals surface area contributed by atoms with Crippen molar-refractivity contribution in [1.82, 2.24) is 44.9 Å². The molecule has 0 saturated heterocycles. The molecule has 5 heterocycles. The minimum atomic E-state index is 0.526. The fraction of sp³-hybridized carbons (Fsp3) is 0.0556. The highest BCUT2D eigenvalue weighted by Gasteiger charge is 2.08. The van der Waals surface area contributed by atoms with Crippen molar-refractivity contribution in [3.05, 3.63) is 67.4 Å². The summed E-state index contributed by atoms with van der Waals surface area (Å²) in [6, 6.07) is 4.01. The molecule has 9 nitrogen and oxygen atoms in total. The molecule has 0 saturated carbocycles. The van der Waals surface area contributed by atoms with Crippen molar-refractivity contribution in [2.24, 2.45) is 0 Å². The van der Waals surface area contributed by atoms with Gasteiger partial charge in [-0.2, -0.15) is 0 Å². The highest BCUT2D eigenvalue weighted by Crippen LogP contribution is 2.20. The van der Waals surface area contributed by atoms with E-state index in [2.05, 4.69) is 40.2 Å². The first-order chi connectivity index (χ1) is 13.3. The second kappa shape index (κ2) is 6.37. The Morgan fingerprint density at radius 3 is 2.63 bits per heavy atom. The molecule has 0 aliphatic rings. The Hall–Kier alpha value is -4.01. The number of nitrogens with zero attached hydrogens (tertiary/aromatic N) is 8. The van der Waals surface area contributed by atoms with Crippen LogP contribution in [0.1, 0.15) is 5.56 Å². The third-order valence-electron chi connectivity index (χ3n) is 4.10. The van der Waals surface area contributed by atoms with Crippen LogP contribution in [0.2, 0.25) is 0 Å². The summed E-state index contributed by atoms with van der Waals surface area (Å²) in [5, 5.41) is 9.47. The lowest BCUT2D eigenvalue weighted by Gasteiger charge is -2.02. The Morgan fingerprint density at radius 2 is 1.78 bits per heavy atom. The number of fused-ring (bicyclic) bond motifs is 1. The van der Waals surface area contributed by atoms with Crippen molar-refractivity contribution in [3.63, 3.8) is 0 Å². The number of rotatable bonds is 4. The molecule has 0 fully saturated rings. The van der Waals surface area contributed by atoms with Gasteiger partial charge < -0.3 is 4.98 Å². The van der Waals surface area contributed by atoms with Gasteiger partial charge in [-0.05, 0) is 12.1 Å². The van der Waals surface area contributed by atoms with Crippen molar-refractivity contribution < 1.29 is 0 Å². The first-order valence-corrected chi connectivity index (χ1v) is 8.25. The maximum Gasteiger partial charge on any atom is 0.162 e. The van der Waals surface area contributed by atoms with E-state index in [0.29, 0.717) is 12.4 Å². The first-order valence-electron chi connectivity index (χ1n) is 8.25.